The monoisotopic (exact) mass is 1040 g/mol. The van der Waals surface area contributed by atoms with Crippen molar-refractivity contribution in [2.75, 3.05) is 0 Å². The highest BCUT2D eigenvalue weighted by molar-refractivity contribution is 7.22. The number of unbranched alkanes of at least 4 members (excludes halogenated alkanes) is 6. The van der Waals surface area contributed by atoms with Gasteiger partial charge in [0.25, 0.3) is 0 Å². The second-order valence-corrected chi connectivity index (χ2v) is 22.1. The second-order valence-electron chi connectivity index (χ2n) is 20.0. The van der Waals surface area contributed by atoms with Gasteiger partial charge in [0.05, 0.1) is 55.6 Å². The van der Waals surface area contributed by atoms with Crippen molar-refractivity contribution in [3.63, 3.8) is 0 Å². The molecule has 8 bridgehead atoms. The quantitative estimate of drug-likeness (QED) is 0.0872. The van der Waals surface area contributed by atoms with E-state index in [1.165, 1.54) is 104 Å². The van der Waals surface area contributed by atoms with E-state index in [9.17, 15) is 0 Å². The number of pyridine rings is 1. The summed E-state index contributed by atoms with van der Waals surface area (Å²) in [5, 5.41) is 0. The van der Waals surface area contributed by atoms with Crippen LogP contribution in [-0.4, -0.2) is 33.9 Å². The average Bonchev–Trinajstić information content (AvgIpc) is 4.30. The Hall–Kier alpha value is -6.35. The Morgan fingerprint density at radius 1 is 0.500 bits per heavy atom. The molecule has 0 amide bonds. The van der Waals surface area contributed by atoms with Crippen molar-refractivity contribution in [3.05, 3.63) is 143 Å². The lowest BCUT2D eigenvalue weighted by atomic mass is 9.89. The maximum atomic E-state index is 5.67. The van der Waals surface area contributed by atoms with Gasteiger partial charge in [0.1, 0.15) is 0 Å². The van der Waals surface area contributed by atoms with Gasteiger partial charge in [-0.2, -0.15) is 0 Å². The van der Waals surface area contributed by atoms with Gasteiger partial charge in [-0.25, -0.2) is 9.98 Å². The predicted molar refractivity (Wildman–Crippen MR) is 328 cm³/mol. The number of aryl methyl sites for hydroxylation is 2. The van der Waals surface area contributed by atoms with E-state index in [1.54, 1.807) is 35.1 Å². The minimum absolute atomic E-state index is 0.0332. The molecule has 390 valence electrons. The fourth-order valence-electron chi connectivity index (χ4n) is 11.5. The number of nitrogens with zero attached hydrogens (tertiary/aromatic N) is 5. The van der Waals surface area contributed by atoms with Crippen molar-refractivity contribution in [1.29, 1.82) is 0 Å². The molecule has 0 radical (unpaired) electrons. The van der Waals surface area contributed by atoms with E-state index < -0.39 is 0 Å². The molecule has 0 saturated carbocycles. The molecule has 7 heteroatoms. The number of aliphatic imine (C=N–C) groups is 4. The first-order valence-corrected chi connectivity index (χ1v) is 30.5. The molecular formula is C69H77N5S2. The second kappa shape index (κ2) is 27.1. The molecule has 0 N–H and O–H groups in total. The molecule has 5 aliphatic rings. The summed E-state index contributed by atoms with van der Waals surface area (Å²) in [7, 11) is 0. The van der Waals surface area contributed by atoms with Crippen molar-refractivity contribution >= 4 is 45.5 Å². The first-order chi connectivity index (χ1) is 37.3. The maximum Gasteiger partial charge on any atom is 0.0851 e. The Morgan fingerprint density at radius 3 is 1.61 bits per heavy atom. The van der Waals surface area contributed by atoms with Gasteiger partial charge in [-0.1, -0.05) is 114 Å². The van der Waals surface area contributed by atoms with E-state index in [-0.39, 0.29) is 6.04 Å². The number of allylic oxidation sites excluding steroid dienone is 10. The zero-order chi connectivity index (χ0) is 53.6. The molecule has 0 spiro atoms. The van der Waals surface area contributed by atoms with Gasteiger partial charge in [-0.15, -0.1) is 22.7 Å². The van der Waals surface area contributed by atoms with Gasteiger partial charge in [-0.3, -0.25) is 15.0 Å². The molecule has 0 fully saturated rings. The van der Waals surface area contributed by atoms with Gasteiger partial charge in [0, 0.05) is 39.8 Å². The third-order valence-corrected chi connectivity index (χ3v) is 17.7. The molecule has 1 atom stereocenters. The first-order valence-electron chi connectivity index (χ1n) is 28.9. The van der Waals surface area contributed by atoms with Crippen LogP contribution in [0, 0.1) is 47.4 Å². The molecule has 8 heterocycles. The Labute approximate surface area is 464 Å². The predicted octanol–water partition coefficient (Wildman–Crippen LogP) is 18.0. The average molecular weight is 1040 g/mol. The number of rotatable bonds is 19. The van der Waals surface area contributed by atoms with Gasteiger partial charge in [-0.05, 0) is 211 Å². The van der Waals surface area contributed by atoms with Crippen molar-refractivity contribution in [2.24, 2.45) is 20.0 Å². The minimum Gasteiger partial charge on any atom is -0.277 e. The standard InChI is InChI=1S/C69H77N5S2/c1-11-21-23-25-32-47-41-66(75-64(47)35-29-27-31-46-37-39-70-40-38-46)67-42-48(33-26-24-22-12-2)65(76-67)36-30-28-34-57-68-55(19-9)53(17-7)62(73-68)44-60-51(15-5)49(13-3)58(71-60)43-59-50(14-4)52(16-6)61(72-59)45-63-54(18-8)56(20-10)69(57)74-63/h37-44,61H,11-26,32-33,45H2,1-10H3/b58-43-,62-44-,69-57-. The van der Waals surface area contributed by atoms with Crippen molar-refractivity contribution in [3.8, 4) is 57.1 Å². The van der Waals surface area contributed by atoms with Crippen LogP contribution in [0.4, 0.5) is 0 Å². The van der Waals surface area contributed by atoms with Crippen LogP contribution in [0.5, 0.6) is 0 Å². The molecule has 8 rings (SSSR count). The summed E-state index contributed by atoms with van der Waals surface area (Å²) in [4.78, 5) is 31.1. The van der Waals surface area contributed by atoms with Crippen LogP contribution < -0.4 is 0 Å². The topological polar surface area (TPSA) is 62.3 Å². The number of thiophene rings is 2. The van der Waals surface area contributed by atoms with Crippen LogP contribution in [0.15, 0.2) is 136 Å². The fourth-order valence-corrected chi connectivity index (χ4v) is 13.7. The summed E-state index contributed by atoms with van der Waals surface area (Å²) in [6, 6.07) is 8.65. The third kappa shape index (κ3) is 12.4. The molecule has 5 nitrogen and oxygen atoms in total. The minimum atomic E-state index is 0.0332. The van der Waals surface area contributed by atoms with Crippen molar-refractivity contribution in [2.45, 2.75) is 197 Å². The van der Waals surface area contributed by atoms with E-state index in [4.69, 9.17) is 20.0 Å². The van der Waals surface area contributed by atoms with Crippen LogP contribution >= 0.6 is 22.7 Å². The highest BCUT2D eigenvalue weighted by Gasteiger charge is 2.34. The Kier molecular flexibility index (Phi) is 19.9. The zero-order valence-corrected chi connectivity index (χ0v) is 48.8. The number of hydrogen-bond acceptors (Lipinski definition) is 7. The highest BCUT2D eigenvalue weighted by atomic mass is 32.1. The van der Waals surface area contributed by atoms with E-state index in [2.05, 4.69) is 146 Å². The van der Waals surface area contributed by atoms with Gasteiger partial charge in [0.2, 0.25) is 0 Å². The highest BCUT2D eigenvalue weighted by Crippen LogP contribution is 2.43. The smallest absolute Gasteiger partial charge is 0.0851 e. The van der Waals surface area contributed by atoms with Crippen LogP contribution in [0.3, 0.4) is 0 Å². The van der Waals surface area contributed by atoms with Crippen LogP contribution in [0.1, 0.15) is 205 Å². The van der Waals surface area contributed by atoms with Crippen molar-refractivity contribution < 1.29 is 0 Å². The lowest BCUT2D eigenvalue weighted by Gasteiger charge is -2.14. The largest absolute Gasteiger partial charge is 0.277 e. The molecule has 76 heavy (non-hydrogen) atoms. The van der Waals surface area contributed by atoms with Gasteiger partial charge >= 0.3 is 0 Å². The van der Waals surface area contributed by atoms with Crippen LogP contribution in [0.25, 0.3) is 9.75 Å². The number of aromatic nitrogens is 1. The summed E-state index contributed by atoms with van der Waals surface area (Å²) in [5.41, 5.74) is 22.1. The summed E-state index contributed by atoms with van der Waals surface area (Å²) >= 11 is 3.58. The van der Waals surface area contributed by atoms with Crippen LogP contribution in [-0.2, 0) is 12.8 Å². The van der Waals surface area contributed by atoms with E-state index in [0.717, 1.165) is 144 Å². The molecule has 0 aromatic carbocycles. The summed E-state index contributed by atoms with van der Waals surface area (Å²) in [6.45, 7) is 22.7. The molecular weight excluding hydrogens is 963 g/mol. The Balaban J connectivity index is 1.26. The van der Waals surface area contributed by atoms with Gasteiger partial charge in [0.15, 0.2) is 0 Å². The lowest BCUT2D eigenvalue weighted by molar-refractivity contribution is 0.667. The van der Waals surface area contributed by atoms with Crippen LogP contribution in [0.2, 0.25) is 0 Å². The van der Waals surface area contributed by atoms with E-state index in [1.807, 2.05) is 12.1 Å². The number of fused-ring (bicyclic) bond motifs is 4. The molecule has 0 aliphatic carbocycles. The third-order valence-electron chi connectivity index (χ3n) is 15.3. The summed E-state index contributed by atoms with van der Waals surface area (Å²) in [6.07, 6.45) is 27.6. The van der Waals surface area contributed by atoms with E-state index >= 15 is 0 Å². The molecule has 3 aromatic rings. The fraction of sp³-hybridized carbons (Fsp3) is 0.435. The SMILES string of the molecule is CCCCCCc1cc(-c2cc(CCCCCC)c(C#CC#Cc3ccncc3)s2)sc1C#CC#C/C1=C2/N=C(CC3N=C(/C=C4N=C(/C=C5N=C1C(CC)=C\5CC)C(CC)=C\4CC)C(CC)=C3CC)C(CC)=C2CC. The molecule has 5 aliphatic heterocycles. The first kappa shape index (κ1) is 55.9. The molecule has 3 aromatic heterocycles. The van der Waals surface area contributed by atoms with Crippen molar-refractivity contribution in [1.82, 2.24) is 4.98 Å². The Bertz CT molecular complexity index is 3340. The van der Waals surface area contributed by atoms with E-state index in [0.29, 0.717) is 0 Å². The number of hydrogen-bond donors (Lipinski definition) is 0. The molecule has 1 unspecified atom stereocenters. The Morgan fingerprint density at radius 2 is 1.04 bits per heavy atom. The van der Waals surface area contributed by atoms with Gasteiger partial charge < -0.3 is 0 Å². The zero-order valence-electron chi connectivity index (χ0n) is 47.2. The molecule has 0 saturated heterocycles. The summed E-state index contributed by atoms with van der Waals surface area (Å²) < 4.78 is 0. The summed E-state index contributed by atoms with van der Waals surface area (Å²) in [5.74, 6) is 27.1. The normalized spacial score (nSPS) is 19.2. The lowest BCUT2D eigenvalue weighted by Crippen LogP contribution is -2.13. The maximum absolute atomic E-state index is 5.67.